The summed E-state index contributed by atoms with van der Waals surface area (Å²) in [7, 11) is 1.65. The number of anilines is 2. The molecule has 20 heavy (non-hydrogen) atoms. The fourth-order valence-electron chi connectivity index (χ4n) is 1.57. The summed E-state index contributed by atoms with van der Waals surface area (Å²) in [6.07, 6.45) is 2.91. The molecule has 0 aromatic carbocycles. The van der Waals surface area contributed by atoms with Gasteiger partial charge in [0.15, 0.2) is 0 Å². The maximum atomic E-state index is 5.39. The molecule has 0 aliphatic rings. The van der Waals surface area contributed by atoms with Crippen LogP contribution >= 0.6 is 0 Å². The number of hydrogen-bond donors (Lipinski definition) is 2. The molecule has 0 fully saturated rings. The van der Waals surface area contributed by atoms with Gasteiger partial charge in [0.2, 0.25) is 11.9 Å². The van der Waals surface area contributed by atoms with Gasteiger partial charge in [0.1, 0.15) is 12.7 Å². The van der Waals surface area contributed by atoms with Crippen LogP contribution in [-0.2, 0) is 4.74 Å². The molecule has 0 radical (unpaired) electrons. The minimum absolute atomic E-state index is 0.261. The van der Waals surface area contributed by atoms with Gasteiger partial charge in [-0.1, -0.05) is 0 Å². The van der Waals surface area contributed by atoms with Crippen molar-refractivity contribution < 1.29 is 4.74 Å². The number of nitrogens with one attached hydrogen (secondary N) is 1. The number of likely N-dealkylation sites (N-methyl/N-ethyl adjacent to an activating group) is 1. The van der Waals surface area contributed by atoms with E-state index in [0.29, 0.717) is 25.0 Å². The lowest BCUT2D eigenvalue weighted by Gasteiger charge is -2.20. The number of hydrogen-bond acceptors (Lipinski definition) is 9. The van der Waals surface area contributed by atoms with Crippen LogP contribution in [0.25, 0.3) is 5.95 Å². The van der Waals surface area contributed by atoms with Crippen LogP contribution in [0, 0.1) is 0 Å². The van der Waals surface area contributed by atoms with Gasteiger partial charge in [0.25, 0.3) is 5.95 Å². The third kappa shape index (κ3) is 3.16. The summed E-state index contributed by atoms with van der Waals surface area (Å²) in [5.41, 5.74) is 2.42. The molecule has 2 aromatic rings. The lowest BCUT2D eigenvalue weighted by Crippen LogP contribution is -2.30. The van der Waals surface area contributed by atoms with Crippen molar-refractivity contribution in [2.24, 2.45) is 5.84 Å². The van der Waals surface area contributed by atoms with Gasteiger partial charge in [-0.3, -0.25) is 5.43 Å². The number of methoxy groups -OCH3 is 1. The van der Waals surface area contributed by atoms with E-state index in [-0.39, 0.29) is 5.95 Å². The molecule has 3 N–H and O–H groups in total. The lowest BCUT2D eigenvalue weighted by molar-refractivity contribution is 0.205. The first-order chi connectivity index (χ1) is 9.78. The second kappa shape index (κ2) is 6.73. The SMILES string of the molecule is CCN(CCOC)c1nc(NN)nc(-n2cncn2)n1. The molecule has 0 unspecified atom stereocenters. The zero-order valence-electron chi connectivity index (χ0n) is 11.4. The lowest BCUT2D eigenvalue weighted by atomic mass is 10.5. The van der Waals surface area contributed by atoms with Crippen molar-refractivity contribution >= 4 is 11.9 Å². The smallest absolute Gasteiger partial charge is 0.258 e. The quantitative estimate of drug-likeness (QED) is 0.496. The summed E-state index contributed by atoms with van der Waals surface area (Å²) in [6.45, 7) is 3.97. The van der Waals surface area contributed by atoms with Crippen molar-refractivity contribution in [3.8, 4) is 5.95 Å². The Balaban J connectivity index is 2.34. The van der Waals surface area contributed by atoms with Gasteiger partial charge in [-0.05, 0) is 6.92 Å². The van der Waals surface area contributed by atoms with E-state index >= 15 is 0 Å². The first-order valence-electron chi connectivity index (χ1n) is 6.10. The topological polar surface area (TPSA) is 120 Å². The predicted octanol–water partition coefficient (Wildman–Crippen LogP) is -0.789. The second-order valence-electron chi connectivity index (χ2n) is 3.82. The molecule has 0 amide bonds. The molecule has 0 aliphatic carbocycles. The fraction of sp³-hybridized carbons (Fsp3) is 0.500. The van der Waals surface area contributed by atoms with Crippen molar-refractivity contribution in [2.75, 3.05) is 37.1 Å². The molecule has 0 spiro atoms. The van der Waals surface area contributed by atoms with Gasteiger partial charge >= 0.3 is 0 Å². The Morgan fingerprint density at radius 1 is 1.40 bits per heavy atom. The molecule has 0 saturated heterocycles. The third-order valence-electron chi connectivity index (χ3n) is 2.59. The number of rotatable bonds is 7. The molecular weight excluding hydrogens is 262 g/mol. The van der Waals surface area contributed by atoms with Gasteiger partial charge in [0.05, 0.1) is 6.61 Å². The standard InChI is InChI=1S/C10H17N9O/c1-3-18(4-5-20-2)9-14-8(17-11)15-10(16-9)19-7-12-6-13-19/h6-7H,3-5,11H2,1-2H3,(H,14,15,16,17). The van der Waals surface area contributed by atoms with Crippen LogP contribution in [-0.4, -0.2) is 56.5 Å². The number of hydrazine groups is 1. The third-order valence-corrected chi connectivity index (χ3v) is 2.59. The van der Waals surface area contributed by atoms with E-state index in [1.165, 1.54) is 17.3 Å². The molecule has 0 aliphatic heterocycles. The molecule has 0 atom stereocenters. The number of ether oxygens (including phenoxy) is 1. The van der Waals surface area contributed by atoms with Crippen LogP contribution < -0.4 is 16.2 Å². The van der Waals surface area contributed by atoms with E-state index in [1.807, 2.05) is 11.8 Å². The van der Waals surface area contributed by atoms with Crippen molar-refractivity contribution in [1.82, 2.24) is 29.7 Å². The maximum absolute atomic E-state index is 5.39. The molecule has 0 bridgehead atoms. The predicted molar refractivity (Wildman–Crippen MR) is 72.3 cm³/mol. The Morgan fingerprint density at radius 2 is 2.25 bits per heavy atom. The van der Waals surface area contributed by atoms with Crippen molar-refractivity contribution in [2.45, 2.75) is 6.92 Å². The number of aromatic nitrogens is 6. The molecule has 10 nitrogen and oxygen atoms in total. The minimum Gasteiger partial charge on any atom is -0.383 e. The molecule has 108 valence electrons. The van der Waals surface area contributed by atoms with E-state index in [4.69, 9.17) is 10.6 Å². The van der Waals surface area contributed by atoms with Crippen LogP contribution in [0.5, 0.6) is 0 Å². The number of nitrogens with two attached hydrogens (primary N) is 1. The van der Waals surface area contributed by atoms with Gasteiger partial charge < -0.3 is 9.64 Å². The summed E-state index contributed by atoms with van der Waals surface area (Å²) >= 11 is 0. The van der Waals surface area contributed by atoms with Gasteiger partial charge in [-0.15, -0.1) is 0 Å². The second-order valence-corrected chi connectivity index (χ2v) is 3.82. The van der Waals surface area contributed by atoms with Crippen molar-refractivity contribution in [1.29, 1.82) is 0 Å². The van der Waals surface area contributed by atoms with Gasteiger partial charge in [0, 0.05) is 20.2 Å². The van der Waals surface area contributed by atoms with Crippen LogP contribution in [0.1, 0.15) is 6.92 Å². The van der Waals surface area contributed by atoms with E-state index in [0.717, 1.165) is 6.54 Å². The highest BCUT2D eigenvalue weighted by atomic mass is 16.5. The summed E-state index contributed by atoms with van der Waals surface area (Å²) in [5.74, 6) is 6.49. The monoisotopic (exact) mass is 279 g/mol. The Labute approximate surface area is 116 Å². The normalized spacial score (nSPS) is 10.6. The largest absolute Gasteiger partial charge is 0.383 e. The van der Waals surface area contributed by atoms with Crippen molar-refractivity contribution in [3.63, 3.8) is 0 Å². The Hall–Kier alpha value is -2.33. The number of nitrogen functional groups attached to an aromatic ring is 1. The molecular formula is C10H17N9O. The maximum Gasteiger partial charge on any atom is 0.258 e. The van der Waals surface area contributed by atoms with E-state index in [1.54, 1.807) is 7.11 Å². The first kappa shape index (κ1) is 14.1. The summed E-state index contributed by atoms with van der Waals surface area (Å²) in [4.78, 5) is 18.5. The van der Waals surface area contributed by atoms with Crippen LogP contribution in [0.4, 0.5) is 11.9 Å². The molecule has 0 saturated carbocycles. The summed E-state index contributed by atoms with van der Waals surface area (Å²) in [5, 5.41) is 3.99. The van der Waals surface area contributed by atoms with E-state index in [9.17, 15) is 0 Å². The average Bonchev–Trinajstić information content (AvgIpc) is 3.02. The molecule has 2 heterocycles. The Bertz CT molecular complexity index is 530. The highest BCUT2D eigenvalue weighted by Crippen LogP contribution is 2.11. The van der Waals surface area contributed by atoms with Gasteiger partial charge in [-0.2, -0.15) is 24.7 Å². The highest BCUT2D eigenvalue weighted by Gasteiger charge is 2.13. The fourth-order valence-corrected chi connectivity index (χ4v) is 1.57. The molecule has 2 aromatic heterocycles. The Morgan fingerprint density at radius 3 is 2.85 bits per heavy atom. The Kier molecular flexibility index (Phi) is 4.74. The van der Waals surface area contributed by atoms with Crippen molar-refractivity contribution in [3.05, 3.63) is 12.7 Å². The first-order valence-corrected chi connectivity index (χ1v) is 6.10. The zero-order valence-corrected chi connectivity index (χ0v) is 11.4. The van der Waals surface area contributed by atoms with E-state index < -0.39 is 0 Å². The zero-order chi connectivity index (χ0) is 14.4. The highest BCUT2D eigenvalue weighted by molar-refractivity contribution is 5.39. The average molecular weight is 279 g/mol. The minimum atomic E-state index is 0.261. The number of nitrogens with zero attached hydrogens (tertiary/aromatic N) is 7. The molecule has 2 rings (SSSR count). The van der Waals surface area contributed by atoms with E-state index in [2.05, 4.69) is 30.5 Å². The molecule has 10 heteroatoms. The summed E-state index contributed by atoms with van der Waals surface area (Å²) < 4.78 is 6.51. The van der Waals surface area contributed by atoms with Gasteiger partial charge in [-0.25, -0.2) is 10.8 Å². The van der Waals surface area contributed by atoms with Crippen LogP contribution in [0.2, 0.25) is 0 Å². The van der Waals surface area contributed by atoms with Crippen LogP contribution in [0.3, 0.4) is 0 Å². The van der Waals surface area contributed by atoms with Crippen LogP contribution in [0.15, 0.2) is 12.7 Å². The summed E-state index contributed by atoms with van der Waals surface area (Å²) in [6, 6.07) is 0.